The van der Waals surface area contributed by atoms with Crippen LogP contribution in [0.25, 0.3) is 38.0 Å². The number of rotatable bonds is 2. The van der Waals surface area contributed by atoms with Crippen molar-refractivity contribution in [1.82, 2.24) is 24.5 Å². The minimum Gasteiger partial charge on any atom is -0.507 e. The van der Waals surface area contributed by atoms with Crippen molar-refractivity contribution in [3.8, 4) is 17.1 Å². The Morgan fingerprint density at radius 1 is 1.13 bits per heavy atom. The van der Waals surface area contributed by atoms with Crippen LogP contribution >= 0.6 is 11.3 Å². The summed E-state index contributed by atoms with van der Waals surface area (Å²) in [5.74, 6) is 0.709. The lowest BCUT2D eigenvalue weighted by Crippen LogP contribution is -2.35. The zero-order valence-electron chi connectivity index (χ0n) is 16.8. The summed E-state index contributed by atoms with van der Waals surface area (Å²) < 4.78 is 1.74. The summed E-state index contributed by atoms with van der Waals surface area (Å²) in [5.41, 5.74) is 2.81. The number of phenols is 1. The molecule has 0 fully saturated rings. The van der Waals surface area contributed by atoms with Crippen LogP contribution in [0.5, 0.6) is 5.75 Å². The van der Waals surface area contributed by atoms with E-state index < -0.39 is 0 Å². The second-order valence-electron chi connectivity index (χ2n) is 8.16. The van der Waals surface area contributed by atoms with Crippen molar-refractivity contribution in [2.45, 2.75) is 32.9 Å². The molecular weight excluding hydrogens is 394 g/mol. The molecule has 30 heavy (non-hydrogen) atoms. The second kappa shape index (κ2) is 6.48. The number of nitrogens with zero attached hydrogens (tertiary/aromatic N) is 5. The topological polar surface area (TPSA) is 66.6 Å². The average Bonchev–Trinajstić information content (AvgIpc) is 3.33. The van der Waals surface area contributed by atoms with Crippen LogP contribution in [0.2, 0.25) is 0 Å². The minimum absolute atomic E-state index is 0.189. The first-order valence-corrected chi connectivity index (χ1v) is 11.0. The molecule has 7 heteroatoms. The Labute approximate surface area is 177 Å². The van der Waals surface area contributed by atoms with Crippen LogP contribution in [0.3, 0.4) is 0 Å². The molecular formula is C23H21N5OS. The van der Waals surface area contributed by atoms with Crippen molar-refractivity contribution in [3.05, 3.63) is 53.2 Å². The third kappa shape index (κ3) is 2.62. The van der Waals surface area contributed by atoms with Crippen molar-refractivity contribution in [3.63, 3.8) is 0 Å². The van der Waals surface area contributed by atoms with Gasteiger partial charge in [0.25, 0.3) is 0 Å². The molecule has 3 aromatic heterocycles. The first kappa shape index (κ1) is 17.8. The first-order valence-electron chi connectivity index (χ1n) is 10.2. The summed E-state index contributed by atoms with van der Waals surface area (Å²) in [5, 5.41) is 18.4. The fraction of sp³-hybridized carbons (Fsp3) is 0.261. The Kier molecular flexibility index (Phi) is 3.85. The number of thiophene rings is 1. The molecule has 0 saturated carbocycles. The molecule has 1 aliphatic rings. The van der Waals surface area contributed by atoms with Crippen LogP contribution in [0, 0.1) is 0 Å². The minimum atomic E-state index is 0.189. The molecule has 1 aliphatic heterocycles. The molecule has 0 aliphatic carbocycles. The molecule has 4 heterocycles. The summed E-state index contributed by atoms with van der Waals surface area (Å²) in [6.07, 6.45) is 2.73. The third-order valence-corrected chi connectivity index (χ3v) is 7.17. The van der Waals surface area contributed by atoms with Gasteiger partial charge in [-0.1, -0.05) is 24.3 Å². The van der Waals surface area contributed by atoms with Gasteiger partial charge in [-0.2, -0.15) is 0 Å². The number of aromatic nitrogens is 4. The fourth-order valence-electron chi connectivity index (χ4n) is 4.37. The maximum absolute atomic E-state index is 10.6. The number of fused-ring (bicyclic) bond motifs is 6. The quantitative estimate of drug-likeness (QED) is 0.455. The smallest absolute Gasteiger partial charge is 0.185 e. The molecule has 0 amide bonds. The van der Waals surface area contributed by atoms with Gasteiger partial charge in [0, 0.05) is 24.0 Å². The van der Waals surface area contributed by atoms with Crippen LogP contribution < -0.4 is 0 Å². The van der Waals surface area contributed by atoms with E-state index in [1.807, 2.05) is 30.3 Å². The van der Waals surface area contributed by atoms with Gasteiger partial charge in [0.2, 0.25) is 0 Å². The van der Waals surface area contributed by atoms with E-state index in [0.717, 1.165) is 46.1 Å². The van der Waals surface area contributed by atoms with Crippen molar-refractivity contribution in [1.29, 1.82) is 0 Å². The van der Waals surface area contributed by atoms with Gasteiger partial charge in [-0.05, 0) is 48.7 Å². The van der Waals surface area contributed by atoms with Gasteiger partial charge in [0.05, 0.1) is 10.9 Å². The van der Waals surface area contributed by atoms with Crippen LogP contribution in [0.15, 0.2) is 42.7 Å². The summed E-state index contributed by atoms with van der Waals surface area (Å²) in [6, 6.07) is 12.2. The van der Waals surface area contributed by atoms with Gasteiger partial charge in [0.15, 0.2) is 11.5 Å². The molecule has 6 nitrogen and oxygen atoms in total. The van der Waals surface area contributed by atoms with E-state index in [1.165, 1.54) is 10.4 Å². The highest BCUT2D eigenvalue weighted by atomic mass is 32.1. The number of hydrogen-bond acceptors (Lipinski definition) is 6. The molecule has 1 N–H and O–H groups in total. The van der Waals surface area contributed by atoms with E-state index in [4.69, 9.17) is 4.98 Å². The lowest BCUT2D eigenvalue weighted by atomic mass is 10.0. The lowest BCUT2D eigenvalue weighted by molar-refractivity contribution is 0.206. The van der Waals surface area contributed by atoms with Gasteiger partial charge in [-0.3, -0.25) is 4.90 Å². The Morgan fingerprint density at radius 2 is 1.93 bits per heavy atom. The predicted molar refractivity (Wildman–Crippen MR) is 120 cm³/mol. The Hall–Kier alpha value is -3.03. The average molecular weight is 416 g/mol. The molecule has 0 unspecified atom stereocenters. The molecule has 0 radical (unpaired) electrons. The third-order valence-electron chi connectivity index (χ3n) is 6.04. The first-order chi connectivity index (χ1) is 14.6. The summed E-state index contributed by atoms with van der Waals surface area (Å²) in [4.78, 5) is 14.4. The van der Waals surface area contributed by atoms with Crippen molar-refractivity contribution < 1.29 is 5.11 Å². The van der Waals surface area contributed by atoms with Crippen LogP contribution in [0.1, 0.15) is 24.3 Å². The van der Waals surface area contributed by atoms with Crippen LogP contribution in [-0.2, 0) is 13.0 Å². The second-order valence-corrected chi connectivity index (χ2v) is 9.25. The molecule has 6 rings (SSSR count). The summed E-state index contributed by atoms with van der Waals surface area (Å²) in [7, 11) is 0. The normalized spacial score (nSPS) is 14.9. The molecule has 2 aromatic carbocycles. The number of phenolic OH excluding ortho intramolecular Hbond substituents is 1. The fourth-order valence-corrected chi connectivity index (χ4v) is 5.58. The molecule has 150 valence electrons. The number of hydrogen-bond donors (Lipinski definition) is 1. The Bertz CT molecular complexity index is 1430. The number of aromatic hydroxyl groups is 1. The molecule has 5 aromatic rings. The maximum Gasteiger partial charge on any atom is 0.185 e. The Balaban J connectivity index is 1.53. The molecule has 0 saturated heterocycles. The molecule has 0 spiro atoms. The number of benzene rings is 2. The zero-order chi connectivity index (χ0) is 20.4. The monoisotopic (exact) mass is 415 g/mol. The standard InChI is InChI=1S/C23H21N5OS/c1-13(2)27-8-7-16-19(11-27)30-23-20(16)22-25-21(26-28(22)12-24-23)17-9-14-5-3-4-6-15(14)10-18(17)29/h3-6,9-10,12-13,29H,7-8,11H2,1-2H3. The highest BCUT2D eigenvalue weighted by Crippen LogP contribution is 2.38. The highest BCUT2D eigenvalue weighted by Gasteiger charge is 2.25. The van der Waals surface area contributed by atoms with Crippen LogP contribution in [-0.4, -0.2) is 42.2 Å². The molecule has 0 bridgehead atoms. The van der Waals surface area contributed by atoms with Gasteiger partial charge in [-0.25, -0.2) is 14.5 Å². The van der Waals surface area contributed by atoms with Gasteiger partial charge < -0.3 is 5.11 Å². The van der Waals surface area contributed by atoms with Crippen LogP contribution in [0.4, 0.5) is 0 Å². The summed E-state index contributed by atoms with van der Waals surface area (Å²) >= 11 is 1.76. The largest absolute Gasteiger partial charge is 0.507 e. The Morgan fingerprint density at radius 3 is 2.73 bits per heavy atom. The predicted octanol–water partition coefficient (Wildman–Crippen LogP) is 4.63. The van der Waals surface area contributed by atoms with Crippen molar-refractivity contribution in [2.24, 2.45) is 0 Å². The van der Waals surface area contributed by atoms with Gasteiger partial charge in [-0.15, -0.1) is 16.4 Å². The van der Waals surface area contributed by atoms with Gasteiger partial charge in [0.1, 0.15) is 16.9 Å². The van der Waals surface area contributed by atoms with E-state index in [1.54, 1.807) is 28.2 Å². The van der Waals surface area contributed by atoms with E-state index in [9.17, 15) is 5.11 Å². The molecule has 0 atom stereocenters. The SMILES string of the molecule is CC(C)N1CCc2c(sc3ncn4nc(-c5cc6ccccc6cc5O)nc4c23)C1. The van der Waals surface area contributed by atoms with Crippen molar-refractivity contribution in [2.75, 3.05) is 6.54 Å². The van der Waals surface area contributed by atoms with Crippen molar-refractivity contribution >= 4 is 38.0 Å². The van der Waals surface area contributed by atoms with E-state index in [0.29, 0.717) is 17.4 Å². The van der Waals surface area contributed by atoms with E-state index >= 15 is 0 Å². The summed E-state index contributed by atoms with van der Waals surface area (Å²) in [6.45, 7) is 6.50. The maximum atomic E-state index is 10.6. The lowest BCUT2D eigenvalue weighted by Gasteiger charge is -2.30. The van der Waals surface area contributed by atoms with E-state index in [-0.39, 0.29) is 5.75 Å². The van der Waals surface area contributed by atoms with Gasteiger partial charge >= 0.3 is 0 Å². The zero-order valence-corrected chi connectivity index (χ0v) is 17.6. The highest BCUT2D eigenvalue weighted by molar-refractivity contribution is 7.19. The van der Waals surface area contributed by atoms with E-state index in [2.05, 4.69) is 28.8 Å².